The third-order valence-corrected chi connectivity index (χ3v) is 6.86. The van der Waals surface area contributed by atoms with E-state index in [1.807, 2.05) is 41.8 Å². The molecular formula is C23H33NO4S2. The molecule has 30 heavy (non-hydrogen) atoms. The van der Waals surface area contributed by atoms with E-state index in [2.05, 4.69) is 18.8 Å². The third-order valence-electron chi connectivity index (χ3n) is 4.50. The first kappa shape index (κ1) is 24.3. The Kier molecular flexibility index (Phi) is 9.24. The molecule has 1 heterocycles. The van der Waals surface area contributed by atoms with Crippen LogP contribution in [0.2, 0.25) is 0 Å². The second kappa shape index (κ2) is 11.4. The minimum absolute atomic E-state index is 0.0956. The number of amides is 1. The van der Waals surface area contributed by atoms with Crippen molar-refractivity contribution >= 4 is 33.2 Å². The first-order valence-corrected chi connectivity index (χ1v) is 13.9. The number of thiophene rings is 1. The lowest BCUT2D eigenvalue weighted by molar-refractivity contribution is -0.116. The molecule has 1 atom stereocenters. The Bertz CT molecular complexity index is 815. The summed E-state index contributed by atoms with van der Waals surface area (Å²) < 4.78 is 11.7. The number of carbonyl (C=O) groups excluding carboxylic acids is 2. The van der Waals surface area contributed by atoms with Crippen LogP contribution in [0.25, 0.3) is 0 Å². The number of para-hydroxylation sites is 1. The van der Waals surface area contributed by atoms with Crippen LogP contribution in [0.15, 0.2) is 41.8 Å². The number of ketones is 1. The average molecular weight is 452 g/mol. The molecule has 0 fully saturated rings. The van der Waals surface area contributed by atoms with Crippen molar-refractivity contribution in [2.75, 3.05) is 44.7 Å². The van der Waals surface area contributed by atoms with Gasteiger partial charge in [-0.3, -0.25) is 4.79 Å². The van der Waals surface area contributed by atoms with Gasteiger partial charge in [-0.1, -0.05) is 24.3 Å². The van der Waals surface area contributed by atoms with Gasteiger partial charge in [0.2, 0.25) is 0 Å². The van der Waals surface area contributed by atoms with Crippen LogP contribution in [0.1, 0.15) is 29.9 Å². The topological polar surface area (TPSA) is 55.8 Å². The summed E-state index contributed by atoms with van der Waals surface area (Å²) in [5.74, 6) is 1.71. The quantitative estimate of drug-likeness (QED) is 0.474. The molecule has 0 saturated carbocycles. The molecule has 1 aromatic heterocycles. The molecule has 0 aliphatic rings. The van der Waals surface area contributed by atoms with Crippen LogP contribution in [0, 0.1) is 0 Å². The molecule has 1 aromatic carbocycles. The number of ether oxygens (including phenoxy) is 2. The zero-order chi connectivity index (χ0) is 22.1. The average Bonchev–Trinajstić information content (AvgIpc) is 3.19. The Hall–Kier alpha value is -1.99. The zero-order valence-electron chi connectivity index (χ0n) is 18.6. The highest BCUT2D eigenvalue weighted by Crippen LogP contribution is 2.33. The van der Waals surface area contributed by atoms with Crippen LogP contribution in [0.4, 0.5) is 4.79 Å². The molecular weight excluding hydrogens is 418 g/mol. The minimum atomic E-state index is -0.687. The van der Waals surface area contributed by atoms with Gasteiger partial charge in [0.15, 0.2) is 0 Å². The fourth-order valence-electron chi connectivity index (χ4n) is 2.81. The summed E-state index contributed by atoms with van der Waals surface area (Å²) in [4.78, 5) is 26.6. The summed E-state index contributed by atoms with van der Waals surface area (Å²) in [6.45, 7) is 2.54. The first-order valence-electron chi connectivity index (χ1n) is 9.97. The SMILES string of the molecule is CC(=O)Cc1ccccc1O[C@H](CCN(C)C(=O)OCCS(C)(C)C)c1cccs1. The molecule has 0 unspecified atom stereocenters. The van der Waals surface area contributed by atoms with E-state index in [9.17, 15) is 9.59 Å². The molecule has 0 bridgehead atoms. The third kappa shape index (κ3) is 8.40. The number of Topliss-reactive ketones (excluding diaryl/α,β-unsaturated/α-hetero) is 1. The zero-order valence-corrected chi connectivity index (χ0v) is 20.2. The van der Waals surface area contributed by atoms with Crippen molar-refractivity contribution in [2.24, 2.45) is 0 Å². The molecule has 0 saturated heterocycles. The second-order valence-corrected chi connectivity index (χ2v) is 13.8. The van der Waals surface area contributed by atoms with Gasteiger partial charge in [-0.15, -0.1) is 11.3 Å². The maximum Gasteiger partial charge on any atom is 0.409 e. The predicted molar refractivity (Wildman–Crippen MR) is 127 cm³/mol. The maximum atomic E-state index is 12.3. The number of carbonyl (C=O) groups is 2. The van der Waals surface area contributed by atoms with Crippen molar-refractivity contribution in [3.05, 3.63) is 52.2 Å². The van der Waals surface area contributed by atoms with Crippen molar-refractivity contribution in [3.8, 4) is 5.75 Å². The Morgan fingerprint density at radius 2 is 1.87 bits per heavy atom. The predicted octanol–water partition coefficient (Wildman–Crippen LogP) is 5.15. The fourth-order valence-corrected chi connectivity index (χ4v) is 4.18. The summed E-state index contributed by atoms with van der Waals surface area (Å²) in [7, 11) is 1.06. The lowest BCUT2D eigenvalue weighted by Gasteiger charge is -2.26. The normalized spacial score (nSPS) is 12.8. The molecule has 2 rings (SSSR count). The van der Waals surface area contributed by atoms with E-state index in [1.165, 1.54) is 0 Å². The van der Waals surface area contributed by atoms with Crippen LogP contribution >= 0.6 is 21.4 Å². The molecule has 5 nitrogen and oxygen atoms in total. The van der Waals surface area contributed by atoms with Crippen molar-refractivity contribution in [1.29, 1.82) is 0 Å². The van der Waals surface area contributed by atoms with Gasteiger partial charge in [0.25, 0.3) is 0 Å². The molecule has 0 N–H and O–H groups in total. The molecule has 2 aromatic rings. The Morgan fingerprint density at radius 3 is 2.50 bits per heavy atom. The van der Waals surface area contributed by atoms with Crippen molar-refractivity contribution in [1.82, 2.24) is 4.90 Å². The van der Waals surface area contributed by atoms with E-state index in [0.29, 0.717) is 31.7 Å². The van der Waals surface area contributed by atoms with E-state index in [4.69, 9.17) is 9.47 Å². The van der Waals surface area contributed by atoms with Gasteiger partial charge in [0.1, 0.15) is 24.2 Å². The molecule has 7 heteroatoms. The fraction of sp³-hybridized carbons (Fsp3) is 0.478. The van der Waals surface area contributed by atoms with Crippen LogP contribution in [-0.2, 0) is 16.0 Å². The maximum absolute atomic E-state index is 12.3. The van der Waals surface area contributed by atoms with Crippen molar-refractivity contribution in [3.63, 3.8) is 0 Å². The number of nitrogens with zero attached hydrogens (tertiary/aromatic N) is 1. The van der Waals surface area contributed by atoms with Gasteiger partial charge in [-0.05, 0) is 43.2 Å². The summed E-state index contributed by atoms with van der Waals surface area (Å²) in [5.41, 5.74) is 0.879. The van der Waals surface area contributed by atoms with Crippen molar-refractivity contribution < 1.29 is 19.1 Å². The molecule has 0 aliphatic carbocycles. The Morgan fingerprint density at radius 1 is 1.13 bits per heavy atom. The Balaban J connectivity index is 2.00. The monoisotopic (exact) mass is 451 g/mol. The molecule has 0 aliphatic heterocycles. The number of rotatable bonds is 11. The van der Waals surface area contributed by atoms with Gasteiger partial charge in [-0.25, -0.2) is 14.8 Å². The highest BCUT2D eigenvalue weighted by Gasteiger charge is 2.20. The van der Waals surface area contributed by atoms with Gasteiger partial charge < -0.3 is 14.4 Å². The van der Waals surface area contributed by atoms with Crippen LogP contribution < -0.4 is 4.74 Å². The van der Waals surface area contributed by atoms with Crippen LogP contribution in [-0.4, -0.2) is 61.5 Å². The van der Waals surface area contributed by atoms with E-state index >= 15 is 0 Å². The molecule has 0 spiro atoms. The lowest BCUT2D eigenvalue weighted by Crippen LogP contribution is -2.31. The second-order valence-electron chi connectivity index (χ2n) is 8.23. The number of hydrogen-bond donors (Lipinski definition) is 0. The van der Waals surface area contributed by atoms with Crippen LogP contribution in [0.5, 0.6) is 5.75 Å². The first-order chi connectivity index (χ1) is 14.2. The lowest BCUT2D eigenvalue weighted by atomic mass is 10.1. The van der Waals surface area contributed by atoms with Crippen LogP contribution in [0.3, 0.4) is 0 Å². The Labute approximate surface area is 185 Å². The molecule has 166 valence electrons. The summed E-state index contributed by atoms with van der Waals surface area (Å²) in [6, 6.07) is 11.7. The smallest absolute Gasteiger partial charge is 0.409 e. The van der Waals surface area contributed by atoms with E-state index in [1.54, 1.807) is 30.2 Å². The minimum Gasteiger partial charge on any atom is -0.485 e. The molecule has 0 radical (unpaired) electrons. The van der Waals surface area contributed by atoms with E-state index < -0.39 is 10.0 Å². The number of hydrogen-bond acceptors (Lipinski definition) is 5. The standard InChI is InChI=1S/C23H33NO4S2/c1-18(25)17-19-9-6-7-10-20(19)28-21(22-11-8-15-29-22)12-13-24(2)23(26)27-14-16-30(3,4)5/h6-11,15,21H,12-14,16-17H2,1-5H3/t21-/m1/s1. The van der Waals surface area contributed by atoms with Crippen molar-refractivity contribution in [2.45, 2.75) is 25.9 Å². The van der Waals surface area contributed by atoms with Gasteiger partial charge in [0.05, 0.1) is 0 Å². The van der Waals surface area contributed by atoms with E-state index in [-0.39, 0.29) is 18.0 Å². The largest absolute Gasteiger partial charge is 0.485 e. The molecule has 1 amide bonds. The highest BCUT2D eigenvalue weighted by molar-refractivity contribution is 8.32. The van der Waals surface area contributed by atoms with Gasteiger partial charge in [0, 0.05) is 42.6 Å². The van der Waals surface area contributed by atoms with E-state index in [0.717, 1.165) is 16.2 Å². The summed E-state index contributed by atoms with van der Waals surface area (Å²) >= 11 is 1.62. The van der Waals surface area contributed by atoms with Gasteiger partial charge >= 0.3 is 6.09 Å². The van der Waals surface area contributed by atoms with Gasteiger partial charge in [-0.2, -0.15) is 0 Å². The number of benzene rings is 1. The highest BCUT2D eigenvalue weighted by atomic mass is 32.3. The summed E-state index contributed by atoms with van der Waals surface area (Å²) in [5, 5.41) is 2.01. The summed E-state index contributed by atoms with van der Waals surface area (Å²) in [6.07, 6.45) is 7.08.